The second-order valence-corrected chi connectivity index (χ2v) is 8.41. The van der Waals surface area contributed by atoms with Crippen molar-refractivity contribution in [2.75, 3.05) is 13.7 Å². The Hall–Kier alpha value is -4.25. The van der Waals surface area contributed by atoms with E-state index in [0.29, 0.717) is 18.1 Å². The van der Waals surface area contributed by atoms with Gasteiger partial charge in [0.05, 0.1) is 7.11 Å². The van der Waals surface area contributed by atoms with Crippen LogP contribution in [0.4, 0.5) is 0 Å². The molecule has 5 heteroatoms. The number of methoxy groups -OCH3 is 1. The zero-order valence-corrected chi connectivity index (χ0v) is 20.1. The summed E-state index contributed by atoms with van der Waals surface area (Å²) in [5.74, 6) is 1.03. The molecule has 0 fully saturated rings. The van der Waals surface area contributed by atoms with Gasteiger partial charge in [0.25, 0.3) is 0 Å². The molecule has 0 saturated heterocycles. The minimum absolute atomic E-state index is 0.374. The summed E-state index contributed by atoms with van der Waals surface area (Å²) >= 11 is 0. The lowest BCUT2D eigenvalue weighted by Gasteiger charge is -2.14. The highest BCUT2D eigenvalue weighted by molar-refractivity contribution is 5.74. The molecule has 35 heavy (non-hydrogen) atoms. The standard InChI is InChI=1S/C30H28O5/c1-20-4-6-23(7-5-20)25-15-22(16-26(17-25)24-8-10-27(33-3)11-9-24)18-34-28-12-13-29(21(2)14-28)35-19-30(31)32/h4-17H,18-19H2,1-3H3,(H,31,32). The van der Waals surface area contributed by atoms with Gasteiger partial charge < -0.3 is 19.3 Å². The van der Waals surface area contributed by atoms with E-state index in [9.17, 15) is 4.79 Å². The summed E-state index contributed by atoms with van der Waals surface area (Å²) in [7, 11) is 1.66. The van der Waals surface area contributed by atoms with Gasteiger partial charge in [-0.3, -0.25) is 0 Å². The fourth-order valence-electron chi connectivity index (χ4n) is 3.82. The lowest BCUT2D eigenvalue weighted by atomic mass is 9.96. The van der Waals surface area contributed by atoms with Crippen LogP contribution in [-0.4, -0.2) is 24.8 Å². The number of hydrogen-bond acceptors (Lipinski definition) is 4. The zero-order chi connectivity index (χ0) is 24.8. The Kier molecular flexibility index (Phi) is 7.36. The summed E-state index contributed by atoms with van der Waals surface area (Å²) in [6.07, 6.45) is 0. The molecule has 178 valence electrons. The van der Waals surface area contributed by atoms with Crippen LogP contribution in [0.2, 0.25) is 0 Å². The van der Waals surface area contributed by atoms with Gasteiger partial charge in [-0.05, 0) is 95.8 Å². The fourth-order valence-corrected chi connectivity index (χ4v) is 3.82. The SMILES string of the molecule is COc1ccc(-c2cc(COc3ccc(OCC(=O)O)c(C)c3)cc(-c3ccc(C)cc3)c2)cc1. The molecule has 0 radical (unpaired) electrons. The lowest BCUT2D eigenvalue weighted by molar-refractivity contribution is -0.139. The van der Waals surface area contributed by atoms with Crippen molar-refractivity contribution in [2.45, 2.75) is 20.5 Å². The van der Waals surface area contributed by atoms with Crippen molar-refractivity contribution < 1.29 is 24.1 Å². The Morgan fingerprint density at radius 1 is 0.714 bits per heavy atom. The molecular weight excluding hydrogens is 440 g/mol. The van der Waals surface area contributed by atoms with E-state index < -0.39 is 5.97 Å². The van der Waals surface area contributed by atoms with Gasteiger partial charge in [0, 0.05) is 0 Å². The molecule has 0 aliphatic rings. The number of benzene rings is 4. The van der Waals surface area contributed by atoms with E-state index >= 15 is 0 Å². The smallest absolute Gasteiger partial charge is 0.341 e. The monoisotopic (exact) mass is 468 g/mol. The first-order valence-corrected chi connectivity index (χ1v) is 11.3. The summed E-state index contributed by atoms with van der Waals surface area (Å²) in [6.45, 7) is 3.96. The van der Waals surface area contributed by atoms with E-state index in [1.54, 1.807) is 19.2 Å². The van der Waals surface area contributed by atoms with Crippen LogP contribution in [-0.2, 0) is 11.4 Å². The largest absolute Gasteiger partial charge is 0.497 e. The van der Waals surface area contributed by atoms with E-state index in [2.05, 4.69) is 61.5 Å². The number of rotatable bonds is 9. The summed E-state index contributed by atoms with van der Waals surface area (Å²) in [5, 5.41) is 8.82. The number of carboxylic acids is 1. The minimum Gasteiger partial charge on any atom is -0.497 e. The summed E-state index contributed by atoms with van der Waals surface area (Å²) in [5.41, 5.74) is 7.52. The highest BCUT2D eigenvalue weighted by Crippen LogP contribution is 2.31. The Morgan fingerprint density at radius 3 is 1.89 bits per heavy atom. The van der Waals surface area contributed by atoms with Gasteiger partial charge in [-0.1, -0.05) is 42.0 Å². The van der Waals surface area contributed by atoms with Crippen molar-refractivity contribution in [3.63, 3.8) is 0 Å². The first-order chi connectivity index (χ1) is 16.9. The third-order valence-corrected chi connectivity index (χ3v) is 5.70. The molecule has 0 spiro atoms. The number of carboxylic acid groups (broad SMARTS) is 1. The Labute approximate surface area is 205 Å². The van der Waals surface area contributed by atoms with Crippen LogP contribution in [0.5, 0.6) is 17.2 Å². The summed E-state index contributed by atoms with van der Waals surface area (Å²) < 4.78 is 16.7. The molecule has 0 amide bonds. The van der Waals surface area contributed by atoms with Crippen LogP contribution in [0, 0.1) is 13.8 Å². The molecule has 5 nitrogen and oxygen atoms in total. The second-order valence-electron chi connectivity index (χ2n) is 8.41. The Bertz CT molecular complexity index is 1310. The van der Waals surface area contributed by atoms with Crippen molar-refractivity contribution in [1.82, 2.24) is 0 Å². The first kappa shape index (κ1) is 23.9. The van der Waals surface area contributed by atoms with Gasteiger partial charge in [-0.15, -0.1) is 0 Å². The fraction of sp³-hybridized carbons (Fsp3) is 0.167. The van der Waals surface area contributed by atoms with Crippen LogP contribution >= 0.6 is 0 Å². The average Bonchev–Trinajstić information content (AvgIpc) is 2.87. The lowest BCUT2D eigenvalue weighted by Crippen LogP contribution is -2.10. The highest BCUT2D eigenvalue weighted by atomic mass is 16.5. The first-order valence-electron chi connectivity index (χ1n) is 11.3. The predicted molar refractivity (Wildman–Crippen MR) is 137 cm³/mol. The van der Waals surface area contributed by atoms with Gasteiger partial charge in [0.1, 0.15) is 23.9 Å². The average molecular weight is 469 g/mol. The maximum absolute atomic E-state index is 10.8. The molecule has 0 aliphatic heterocycles. The van der Waals surface area contributed by atoms with Crippen molar-refractivity contribution in [3.05, 3.63) is 102 Å². The molecule has 1 N–H and O–H groups in total. The molecule has 0 unspecified atom stereocenters. The van der Waals surface area contributed by atoms with E-state index in [4.69, 9.17) is 19.3 Å². The molecule has 0 heterocycles. The van der Waals surface area contributed by atoms with Gasteiger partial charge >= 0.3 is 5.97 Å². The molecule has 0 saturated carbocycles. The number of carbonyl (C=O) groups is 1. The molecule has 0 aromatic heterocycles. The predicted octanol–water partition coefficient (Wildman–Crippen LogP) is 6.69. The van der Waals surface area contributed by atoms with Crippen LogP contribution in [0.3, 0.4) is 0 Å². The Morgan fingerprint density at radius 2 is 1.31 bits per heavy atom. The molecule has 4 aromatic rings. The van der Waals surface area contributed by atoms with Crippen molar-refractivity contribution in [3.8, 4) is 39.5 Å². The third kappa shape index (κ3) is 6.21. The van der Waals surface area contributed by atoms with E-state index in [1.165, 1.54) is 5.56 Å². The number of aliphatic carboxylic acids is 1. The van der Waals surface area contributed by atoms with Gasteiger partial charge in [0.15, 0.2) is 6.61 Å². The summed E-state index contributed by atoms with van der Waals surface area (Å²) in [6, 6.07) is 28.4. The van der Waals surface area contributed by atoms with E-state index in [0.717, 1.165) is 39.1 Å². The highest BCUT2D eigenvalue weighted by Gasteiger charge is 2.09. The molecule has 0 bridgehead atoms. The topological polar surface area (TPSA) is 65.0 Å². The third-order valence-electron chi connectivity index (χ3n) is 5.70. The molecule has 0 aliphatic carbocycles. The quantitative estimate of drug-likeness (QED) is 0.296. The van der Waals surface area contributed by atoms with Gasteiger partial charge in [-0.25, -0.2) is 4.79 Å². The normalized spacial score (nSPS) is 10.6. The molecule has 0 atom stereocenters. The van der Waals surface area contributed by atoms with Crippen molar-refractivity contribution in [2.24, 2.45) is 0 Å². The van der Waals surface area contributed by atoms with Gasteiger partial charge in [-0.2, -0.15) is 0 Å². The molecule has 4 rings (SSSR count). The van der Waals surface area contributed by atoms with Crippen LogP contribution < -0.4 is 14.2 Å². The minimum atomic E-state index is -1.01. The van der Waals surface area contributed by atoms with Gasteiger partial charge in [0.2, 0.25) is 0 Å². The van der Waals surface area contributed by atoms with Crippen molar-refractivity contribution in [1.29, 1.82) is 0 Å². The molecular formula is C30H28O5. The maximum Gasteiger partial charge on any atom is 0.341 e. The number of aryl methyl sites for hydroxylation is 2. The van der Waals surface area contributed by atoms with Crippen LogP contribution in [0.15, 0.2) is 84.9 Å². The molecule has 4 aromatic carbocycles. The Balaban J connectivity index is 1.60. The van der Waals surface area contributed by atoms with E-state index in [1.807, 2.05) is 25.1 Å². The van der Waals surface area contributed by atoms with Crippen LogP contribution in [0.1, 0.15) is 16.7 Å². The number of ether oxygens (including phenoxy) is 3. The van der Waals surface area contributed by atoms with Crippen LogP contribution in [0.25, 0.3) is 22.3 Å². The van der Waals surface area contributed by atoms with Crippen molar-refractivity contribution >= 4 is 5.97 Å². The van der Waals surface area contributed by atoms with E-state index in [-0.39, 0.29) is 6.61 Å². The summed E-state index contributed by atoms with van der Waals surface area (Å²) in [4.78, 5) is 10.8. The number of hydrogen-bond donors (Lipinski definition) is 1. The zero-order valence-electron chi connectivity index (χ0n) is 20.1. The second kappa shape index (κ2) is 10.8. The maximum atomic E-state index is 10.8.